The topological polar surface area (TPSA) is 214 Å². The number of carbonyl (C=O) groups excluding carboxylic acids is 4. The lowest BCUT2D eigenvalue weighted by atomic mass is 10.1. The second kappa shape index (κ2) is 12.0. The SMILES string of the molecule is NC(=O)CCC(N)C(=O)NCC(=O)NCC(=O)NC(Cc1ccc(O)cc1)C(=O)O. The summed E-state index contributed by atoms with van der Waals surface area (Å²) < 4.78 is 0. The second-order valence-electron chi connectivity index (χ2n) is 6.43. The molecule has 12 heteroatoms. The molecule has 9 N–H and O–H groups in total. The highest BCUT2D eigenvalue weighted by Crippen LogP contribution is 2.11. The normalized spacial score (nSPS) is 12.3. The van der Waals surface area contributed by atoms with Crippen LogP contribution in [0.15, 0.2) is 24.3 Å². The number of phenolic OH excluding ortho intramolecular Hbond substituents is 1. The van der Waals surface area contributed by atoms with Gasteiger partial charge in [0.1, 0.15) is 11.8 Å². The van der Waals surface area contributed by atoms with Crippen molar-refractivity contribution in [2.45, 2.75) is 31.3 Å². The Balaban J connectivity index is 2.39. The summed E-state index contributed by atoms with van der Waals surface area (Å²) in [6, 6.07) is 3.59. The maximum Gasteiger partial charge on any atom is 0.326 e. The maximum absolute atomic E-state index is 11.9. The molecule has 164 valence electrons. The van der Waals surface area contributed by atoms with E-state index in [-0.39, 0.29) is 25.0 Å². The minimum atomic E-state index is -1.26. The van der Waals surface area contributed by atoms with E-state index in [2.05, 4.69) is 16.0 Å². The van der Waals surface area contributed by atoms with E-state index in [0.717, 1.165) is 0 Å². The van der Waals surface area contributed by atoms with Crippen LogP contribution in [0.4, 0.5) is 0 Å². The molecule has 0 radical (unpaired) electrons. The molecule has 30 heavy (non-hydrogen) atoms. The van der Waals surface area contributed by atoms with Crippen LogP contribution in [0.2, 0.25) is 0 Å². The number of hydrogen-bond donors (Lipinski definition) is 7. The van der Waals surface area contributed by atoms with Crippen LogP contribution in [0.3, 0.4) is 0 Å². The number of primary amides is 1. The molecule has 4 amide bonds. The quantitative estimate of drug-likeness (QED) is 0.188. The zero-order valence-corrected chi connectivity index (χ0v) is 16.1. The third kappa shape index (κ3) is 9.50. The fourth-order valence-electron chi connectivity index (χ4n) is 2.28. The molecule has 12 nitrogen and oxygen atoms in total. The number of nitrogens with one attached hydrogen (secondary N) is 3. The third-order valence-corrected chi connectivity index (χ3v) is 3.92. The molecule has 0 aromatic heterocycles. The van der Waals surface area contributed by atoms with Gasteiger partial charge in [-0.1, -0.05) is 12.1 Å². The first-order valence-electron chi connectivity index (χ1n) is 8.97. The van der Waals surface area contributed by atoms with Gasteiger partial charge in [0.25, 0.3) is 0 Å². The average Bonchev–Trinajstić information content (AvgIpc) is 2.69. The zero-order chi connectivity index (χ0) is 22.7. The molecule has 0 spiro atoms. The van der Waals surface area contributed by atoms with Crippen molar-refractivity contribution in [2.24, 2.45) is 11.5 Å². The van der Waals surface area contributed by atoms with Crippen molar-refractivity contribution in [3.8, 4) is 5.75 Å². The molecule has 1 rings (SSSR count). The van der Waals surface area contributed by atoms with Gasteiger partial charge in [-0.15, -0.1) is 0 Å². The summed E-state index contributed by atoms with van der Waals surface area (Å²) in [5.41, 5.74) is 11.1. The molecule has 0 fully saturated rings. The molecule has 0 heterocycles. The Morgan fingerprint density at radius 3 is 2.13 bits per heavy atom. The number of carboxylic acids is 1. The summed E-state index contributed by atoms with van der Waals surface area (Å²) in [6.07, 6.45) is -0.0623. The molecule has 1 aromatic rings. The molecule has 2 unspecified atom stereocenters. The van der Waals surface area contributed by atoms with E-state index in [4.69, 9.17) is 11.5 Å². The molecule has 0 saturated carbocycles. The van der Waals surface area contributed by atoms with Gasteiger partial charge in [0.2, 0.25) is 23.6 Å². The fraction of sp³-hybridized carbons (Fsp3) is 0.389. The summed E-state index contributed by atoms with van der Waals surface area (Å²) in [4.78, 5) is 57.3. The molecule has 0 bridgehead atoms. The van der Waals surface area contributed by atoms with Crippen LogP contribution in [0.5, 0.6) is 5.75 Å². The largest absolute Gasteiger partial charge is 0.508 e. The molecule has 0 aliphatic rings. The highest BCUT2D eigenvalue weighted by atomic mass is 16.4. The maximum atomic E-state index is 11.9. The van der Waals surface area contributed by atoms with Crippen LogP contribution in [0.25, 0.3) is 0 Å². The number of hydrogen-bond acceptors (Lipinski definition) is 7. The molecule has 1 aromatic carbocycles. The first-order valence-corrected chi connectivity index (χ1v) is 8.97. The predicted octanol–water partition coefficient (Wildman–Crippen LogP) is -2.67. The van der Waals surface area contributed by atoms with Crippen molar-refractivity contribution in [3.63, 3.8) is 0 Å². The number of amides is 4. The minimum absolute atomic E-state index is 0.0193. The fourth-order valence-corrected chi connectivity index (χ4v) is 2.28. The Hall–Kier alpha value is -3.67. The van der Waals surface area contributed by atoms with Crippen LogP contribution < -0.4 is 27.4 Å². The van der Waals surface area contributed by atoms with Gasteiger partial charge >= 0.3 is 5.97 Å². The summed E-state index contributed by atoms with van der Waals surface area (Å²) in [5.74, 6) is -3.92. The molecule has 0 aliphatic carbocycles. The van der Waals surface area contributed by atoms with Crippen molar-refractivity contribution >= 4 is 29.6 Å². The lowest BCUT2D eigenvalue weighted by molar-refractivity contribution is -0.141. The van der Waals surface area contributed by atoms with E-state index in [1.807, 2.05) is 0 Å². The number of aromatic hydroxyl groups is 1. The van der Waals surface area contributed by atoms with Gasteiger partial charge in [-0.2, -0.15) is 0 Å². The third-order valence-electron chi connectivity index (χ3n) is 3.92. The number of nitrogens with two attached hydrogens (primary N) is 2. The Morgan fingerprint density at radius 1 is 0.967 bits per heavy atom. The van der Waals surface area contributed by atoms with E-state index in [1.54, 1.807) is 0 Å². The van der Waals surface area contributed by atoms with Gasteiger partial charge < -0.3 is 37.6 Å². The smallest absolute Gasteiger partial charge is 0.326 e. The Morgan fingerprint density at radius 2 is 1.57 bits per heavy atom. The summed E-state index contributed by atoms with van der Waals surface area (Å²) in [6.45, 7) is -0.950. The Bertz CT molecular complexity index is 782. The standard InChI is InChI=1S/C18H25N5O7/c19-12(5-6-14(20)25)17(28)22-8-15(26)21-9-16(27)23-13(18(29)30)7-10-1-3-11(24)4-2-10/h1-4,12-13,24H,5-9,19H2,(H2,20,25)(H,21,26)(H,22,28)(H,23,27)(H,29,30). The van der Waals surface area contributed by atoms with E-state index < -0.39 is 54.8 Å². The molecular weight excluding hydrogens is 398 g/mol. The number of rotatable bonds is 12. The zero-order valence-electron chi connectivity index (χ0n) is 16.1. The lowest BCUT2D eigenvalue weighted by Crippen LogP contribution is -2.49. The highest BCUT2D eigenvalue weighted by molar-refractivity contribution is 5.91. The summed E-state index contributed by atoms with van der Waals surface area (Å²) in [7, 11) is 0. The summed E-state index contributed by atoms with van der Waals surface area (Å²) in [5, 5.41) is 25.3. The molecule has 2 atom stereocenters. The minimum Gasteiger partial charge on any atom is -0.508 e. The monoisotopic (exact) mass is 423 g/mol. The number of carbonyl (C=O) groups is 5. The second-order valence-corrected chi connectivity index (χ2v) is 6.43. The molecular formula is C18H25N5O7. The first kappa shape index (κ1) is 24.4. The van der Waals surface area contributed by atoms with Gasteiger partial charge in [-0.25, -0.2) is 4.79 Å². The molecule has 0 saturated heterocycles. The van der Waals surface area contributed by atoms with Gasteiger partial charge in [0, 0.05) is 12.8 Å². The van der Waals surface area contributed by atoms with Crippen LogP contribution in [0, 0.1) is 0 Å². The highest BCUT2D eigenvalue weighted by Gasteiger charge is 2.21. The van der Waals surface area contributed by atoms with Crippen LogP contribution in [-0.2, 0) is 30.4 Å². The molecule has 0 aliphatic heterocycles. The number of aliphatic carboxylic acids is 1. The van der Waals surface area contributed by atoms with Crippen molar-refractivity contribution in [2.75, 3.05) is 13.1 Å². The first-order chi connectivity index (χ1) is 14.1. The van der Waals surface area contributed by atoms with Crippen LogP contribution in [-0.4, -0.2) is 65.0 Å². The van der Waals surface area contributed by atoms with Crippen LogP contribution >= 0.6 is 0 Å². The van der Waals surface area contributed by atoms with Crippen molar-refractivity contribution in [3.05, 3.63) is 29.8 Å². The van der Waals surface area contributed by atoms with E-state index in [9.17, 15) is 34.2 Å². The summed E-state index contributed by atoms with van der Waals surface area (Å²) >= 11 is 0. The van der Waals surface area contributed by atoms with E-state index in [0.29, 0.717) is 5.56 Å². The van der Waals surface area contributed by atoms with Gasteiger partial charge in [0.15, 0.2) is 0 Å². The number of carboxylic acid groups (broad SMARTS) is 1. The van der Waals surface area contributed by atoms with Crippen LogP contribution in [0.1, 0.15) is 18.4 Å². The van der Waals surface area contributed by atoms with Crippen molar-refractivity contribution in [1.82, 2.24) is 16.0 Å². The number of benzene rings is 1. The van der Waals surface area contributed by atoms with Crippen molar-refractivity contribution < 1.29 is 34.2 Å². The van der Waals surface area contributed by atoms with E-state index in [1.165, 1.54) is 24.3 Å². The average molecular weight is 423 g/mol. The van der Waals surface area contributed by atoms with Crippen molar-refractivity contribution in [1.29, 1.82) is 0 Å². The number of phenols is 1. The van der Waals surface area contributed by atoms with Gasteiger partial charge in [-0.3, -0.25) is 19.2 Å². The Kier molecular flexibility index (Phi) is 9.76. The van der Waals surface area contributed by atoms with Gasteiger partial charge in [-0.05, 0) is 24.1 Å². The van der Waals surface area contributed by atoms with Gasteiger partial charge in [0.05, 0.1) is 19.1 Å². The van der Waals surface area contributed by atoms with E-state index >= 15 is 0 Å². The Labute approximate surface area is 172 Å². The predicted molar refractivity (Wildman–Crippen MR) is 104 cm³/mol. The lowest BCUT2D eigenvalue weighted by Gasteiger charge is -2.15.